The molecule has 0 bridgehead atoms. The normalized spacial score (nSPS) is 12.9. The van der Waals surface area contributed by atoms with Crippen LogP contribution in [0.5, 0.6) is 0 Å². The van der Waals surface area contributed by atoms with Gasteiger partial charge in [0.1, 0.15) is 5.15 Å². The first-order chi connectivity index (χ1) is 8.50. The van der Waals surface area contributed by atoms with Crippen molar-refractivity contribution >= 4 is 22.9 Å². The summed E-state index contributed by atoms with van der Waals surface area (Å²) in [7, 11) is 0. The Labute approximate surface area is 113 Å². The van der Waals surface area contributed by atoms with Gasteiger partial charge in [-0.25, -0.2) is 4.79 Å². The number of nitrogens with one attached hydrogen (secondary N) is 1. The first-order valence-corrected chi connectivity index (χ1v) is 6.81. The Morgan fingerprint density at radius 3 is 2.61 bits per heavy atom. The van der Waals surface area contributed by atoms with Crippen molar-refractivity contribution in [3.05, 3.63) is 54.4 Å². The Bertz CT molecular complexity index is 612. The van der Waals surface area contributed by atoms with Crippen LogP contribution in [0, 0.1) is 5.92 Å². The van der Waals surface area contributed by atoms with Gasteiger partial charge in [0.15, 0.2) is 0 Å². The van der Waals surface area contributed by atoms with Gasteiger partial charge in [-0.2, -0.15) is 0 Å². The first kappa shape index (κ1) is 13.1. The summed E-state index contributed by atoms with van der Waals surface area (Å²) < 4.78 is 1.22. The molecule has 2 rings (SSSR count). The fraction of sp³-hybridized carbons (Fsp3) is 0.333. The lowest BCUT2D eigenvalue weighted by Gasteiger charge is -2.21. The van der Waals surface area contributed by atoms with E-state index >= 15 is 0 Å². The summed E-state index contributed by atoms with van der Waals surface area (Å²) in [6.45, 7) is 3.95. The predicted octanol–water partition coefficient (Wildman–Crippen LogP) is 2.50. The average molecular weight is 285 g/mol. The predicted molar refractivity (Wildman–Crippen MR) is 73.6 cm³/mol. The van der Waals surface area contributed by atoms with Crippen molar-refractivity contribution in [2.45, 2.75) is 19.9 Å². The van der Waals surface area contributed by atoms with Crippen LogP contribution in [0.3, 0.4) is 0 Å². The molecule has 0 aliphatic carbocycles. The molecule has 0 aliphatic heterocycles. The molecule has 1 atom stereocenters. The van der Waals surface area contributed by atoms with Crippen molar-refractivity contribution in [3.63, 3.8) is 0 Å². The number of aromatic nitrogens is 2. The molecule has 0 amide bonds. The van der Waals surface area contributed by atoms with Crippen molar-refractivity contribution in [2.75, 3.05) is 0 Å². The van der Waals surface area contributed by atoms with E-state index in [1.165, 1.54) is 22.0 Å². The van der Waals surface area contributed by atoms with Crippen LogP contribution in [-0.4, -0.2) is 9.55 Å². The molecule has 0 saturated carbocycles. The van der Waals surface area contributed by atoms with Crippen molar-refractivity contribution in [3.8, 4) is 0 Å². The van der Waals surface area contributed by atoms with Crippen LogP contribution in [0.1, 0.15) is 24.8 Å². The molecule has 0 aliphatic rings. The Kier molecular flexibility index (Phi) is 3.73. The third-order valence-electron chi connectivity index (χ3n) is 2.68. The van der Waals surface area contributed by atoms with Gasteiger partial charge in [-0.1, -0.05) is 31.5 Å². The second kappa shape index (κ2) is 5.12. The zero-order valence-corrected chi connectivity index (χ0v) is 11.6. The van der Waals surface area contributed by atoms with Crippen LogP contribution in [0.15, 0.2) is 33.2 Å². The molecule has 1 unspecified atom stereocenters. The minimum atomic E-state index is -0.473. The molecule has 0 radical (unpaired) electrons. The number of hydrogen-bond donors (Lipinski definition) is 1. The quantitative estimate of drug-likeness (QED) is 0.881. The number of H-pyrrole nitrogens is 1. The van der Waals surface area contributed by atoms with E-state index in [1.807, 2.05) is 31.4 Å². The zero-order chi connectivity index (χ0) is 13.3. The molecule has 18 heavy (non-hydrogen) atoms. The molecular formula is C12H13ClN2O2S. The van der Waals surface area contributed by atoms with Gasteiger partial charge in [0.25, 0.3) is 5.56 Å². The minimum absolute atomic E-state index is 0.0648. The van der Waals surface area contributed by atoms with Crippen LogP contribution in [-0.2, 0) is 0 Å². The van der Waals surface area contributed by atoms with Crippen molar-refractivity contribution < 1.29 is 0 Å². The zero-order valence-electron chi connectivity index (χ0n) is 10.0. The lowest BCUT2D eigenvalue weighted by Crippen LogP contribution is -2.39. The van der Waals surface area contributed by atoms with E-state index in [2.05, 4.69) is 4.98 Å². The highest BCUT2D eigenvalue weighted by Gasteiger charge is 2.22. The lowest BCUT2D eigenvalue weighted by atomic mass is 10.0. The van der Waals surface area contributed by atoms with E-state index in [0.29, 0.717) is 0 Å². The molecule has 6 heteroatoms. The average Bonchev–Trinajstić information content (AvgIpc) is 2.75. The second-order valence-corrected chi connectivity index (χ2v) is 5.72. The number of nitrogens with zero attached hydrogens (tertiary/aromatic N) is 1. The highest BCUT2D eigenvalue weighted by atomic mass is 35.5. The fourth-order valence-electron chi connectivity index (χ4n) is 1.95. The van der Waals surface area contributed by atoms with Gasteiger partial charge in [-0.05, 0) is 17.4 Å². The first-order valence-electron chi connectivity index (χ1n) is 5.55. The maximum atomic E-state index is 12.0. The maximum absolute atomic E-state index is 12.0. The van der Waals surface area contributed by atoms with Crippen LogP contribution < -0.4 is 11.2 Å². The molecule has 0 spiro atoms. The Morgan fingerprint density at radius 1 is 1.39 bits per heavy atom. The van der Waals surface area contributed by atoms with Crippen LogP contribution >= 0.6 is 22.9 Å². The Hall–Kier alpha value is -1.33. The van der Waals surface area contributed by atoms with Crippen LogP contribution in [0.25, 0.3) is 0 Å². The van der Waals surface area contributed by atoms with Gasteiger partial charge in [-0.3, -0.25) is 14.3 Å². The second-order valence-electron chi connectivity index (χ2n) is 4.33. The molecule has 4 nitrogen and oxygen atoms in total. The number of thiophene rings is 1. The van der Waals surface area contributed by atoms with E-state index < -0.39 is 5.69 Å². The summed E-state index contributed by atoms with van der Waals surface area (Å²) in [6.07, 6.45) is 0. The van der Waals surface area contributed by atoms with Gasteiger partial charge < -0.3 is 0 Å². The van der Waals surface area contributed by atoms with Crippen molar-refractivity contribution in [2.24, 2.45) is 5.92 Å². The molecule has 2 aromatic rings. The van der Waals surface area contributed by atoms with Crippen LogP contribution in [0.4, 0.5) is 0 Å². The molecule has 0 saturated heterocycles. The monoisotopic (exact) mass is 284 g/mol. The smallest absolute Gasteiger partial charge is 0.298 e. The fourth-order valence-corrected chi connectivity index (χ4v) is 3.12. The molecule has 2 aromatic heterocycles. The van der Waals surface area contributed by atoms with Crippen LogP contribution in [0.2, 0.25) is 5.15 Å². The molecule has 2 heterocycles. The van der Waals surface area contributed by atoms with Gasteiger partial charge in [0, 0.05) is 10.9 Å². The third kappa shape index (κ3) is 2.42. The summed E-state index contributed by atoms with van der Waals surface area (Å²) >= 11 is 7.20. The van der Waals surface area contributed by atoms with Gasteiger partial charge in [-0.15, -0.1) is 11.3 Å². The minimum Gasteiger partial charge on any atom is -0.298 e. The molecule has 1 N–H and O–H groups in total. The van der Waals surface area contributed by atoms with Crippen molar-refractivity contribution in [1.29, 1.82) is 0 Å². The lowest BCUT2D eigenvalue weighted by molar-refractivity contribution is 0.417. The van der Waals surface area contributed by atoms with Gasteiger partial charge in [0.2, 0.25) is 0 Å². The largest absolute Gasteiger partial charge is 0.330 e. The van der Waals surface area contributed by atoms with E-state index in [0.717, 1.165) is 4.88 Å². The number of halogens is 1. The Balaban J connectivity index is 2.65. The molecular weight excluding hydrogens is 272 g/mol. The molecule has 96 valence electrons. The highest BCUT2D eigenvalue weighted by Crippen LogP contribution is 2.27. The van der Waals surface area contributed by atoms with E-state index in [4.69, 9.17) is 11.6 Å². The van der Waals surface area contributed by atoms with Gasteiger partial charge in [0.05, 0.1) is 6.04 Å². The third-order valence-corrected chi connectivity index (χ3v) is 3.82. The van der Waals surface area contributed by atoms with E-state index in [9.17, 15) is 9.59 Å². The summed E-state index contributed by atoms with van der Waals surface area (Å²) in [5, 5.41) is 2.00. The molecule has 0 aromatic carbocycles. The summed E-state index contributed by atoms with van der Waals surface area (Å²) in [6, 6.07) is 4.80. The van der Waals surface area contributed by atoms with E-state index in [1.54, 1.807) is 0 Å². The number of hydrogen-bond acceptors (Lipinski definition) is 3. The molecule has 0 fully saturated rings. The van der Waals surface area contributed by atoms with E-state index in [-0.39, 0.29) is 22.7 Å². The summed E-state index contributed by atoms with van der Waals surface area (Å²) in [5.41, 5.74) is -0.851. The summed E-state index contributed by atoms with van der Waals surface area (Å²) in [4.78, 5) is 27.3. The van der Waals surface area contributed by atoms with Gasteiger partial charge >= 0.3 is 5.69 Å². The highest BCUT2D eigenvalue weighted by molar-refractivity contribution is 7.10. The SMILES string of the molecule is CC(C)C(c1cccs1)n1c(=O)cc(Cl)[nH]c1=O. The standard InChI is InChI=1S/C12H13ClN2O2S/c1-7(2)11(8-4-3-5-18-8)15-10(16)6-9(13)14-12(15)17/h3-7,11H,1-2H3,(H,14,17). The maximum Gasteiger partial charge on any atom is 0.330 e. The number of aromatic amines is 1. The van der Waals surface area contributed by atoms with Crippen molar-refractivity contribution in [1.82, 2.24) is 9.55 Å². The number of rotatable bonds is 3. The topological polar surface area (TPSA) is 54.9 Å². The summed E-state index contributed by atoms with van der Waals surface area (Å²) in [5.74, 6) is 0.128. The Morgan fingerprint density at radius 2 is 2.11 bits per heavy atom.